The highest BCUT2D eigenvalue weighted by molar-refractivity contribution is 6.32. The van der Waals surface area contributed by atoms with Crippen molar-refractivity contribution in [2.24, 2.45) is 23.5 Å². The Morgan fingerprint density at radius 2 is 1.32 bits per heavy atom. The number of carboxylic acid groups (broad SMARTS) is 1. The number of ether oxygens (including phenoxy) is 7. The predicted octanol–water partition coefficient (Wildman–Crippen LogP) is 6.19. The molecule has 32 nitrogen and oxygen atoms in total. The molecule has 628 valence electrons. The SMILES string of the molecule is CC[C@H](CC(C)C)C(=O)N[C@H]1C(=O)C[C@@H](CC(N)=O)C(=O)N[C@H]2C(=O)C[C@H]3C(=O)N[C@H](C(=O)N[C@H](C(=O)O)c4cc(O)cc5c4-c4cc3ccc4C5(O)O)[C@H](O)c3ccc(c(Cl)c3)Oc3cc2cc(c3O[C@@H]2O[C@H](CO)[C@@H](O)[C@H](O)[C@H]2O[C@H]2C[C@](C)(NC(=O)OCC3c4ccccc4-c4ccccc43)[C@H](O)[C@H](C)O2)Oc2ccc(cc2Cl)[C@H]1O. The Labute approximate surface area is 689 Å². The van der Waals surface area contributed by atoms with Crippen molar-refractivity contribution in [1.29, 1.82) is 0 Å². The van der Waals surface area contributed by atoms with Gasteiger partial charge in [0.25, 0.3) is 0 Å². The van der Waals surface area contributed by atoms with Crippen LogP contribution in [0.1, 0.15) is 159 Å². The number of aliphatic hydroxyl groups is 8. The van der Waals surface area contributed by atoms with Crippen LogP contribution >= 0.6 is 23.2 Å². The van der Waals surface area contributed by atoms with E-state index in [1.165, 1.54) is 50.2 Å². The van der Waals surface area contributed by atoms with E-state index >= 15 is 24.0 Å². The first-order valence-corrected chi connectivity index (χ1v) is 39.4. The van der Waals surface area contributed by atoms with Gasteiger partial charge in [0, 0.05) is 48.6 Å². The minimum absolute atomic E-state index is 0.0325. The van der Waals surface area contributed by atoms with Crippen LogP contribution in [0, 0.1) is 17.8 Å². The molecule has 2 saturated heterocycles. The Morgan fingerprint density at radius 3 is 1.92 bits per heavy atom. The second kappa shape index (κ2) is 33.8. The van der Waals surface area contributed by atoms with Crippen molar-refractivity contribution in [3.05, 3.63) is 188 Å². The number of hydrogen-bond acceptors (Lipinski definition) is 25. The van der Waals surface area contributed by atoms with Gasteiger partial charge in [0.05, 0.1) is 40.1 Å². The van der Waals surface area contributed by atoms with Gasteiger partial charge in [0.2, 0.25) is 47.4 Å². The number of nitrogens with two attached hydrogens (primary N) is 1. The minimum atomic E-state index is -3.01. The molecule has 7 aliphatic heterocycles. The molecule has 16 rings (SSSR count). The molecule has 0 radical (unpaired) electrons. The highest BCUT2D eigenvalue weighted by Gasteiger charge is 2.54. The molecule has 7 aromatic carbocycles. The van der Waals surface area contributed by atoms with Crippen molar-refractivity contribution in [2.45, 2.75) is 182 Å². The van der Waals surface area contributed by atoms with Crippen LogP contribution in [-0.2, 0) is 63.1 Å². The average molecular weight is 1680 g/mol. The maximum atomic E-state index is 16.4. The second-order valence-electron chi connectivity index (χ2n) is 31.7. The van der Waals surface area contributed by atoms with Crippen LogP contribution in [0.5, 0.6) is 34.5 Å². The van der Waals surface area contributed by atoms with Crippen molar-refractivity contribution in [3.63, 3.8) is 0 Å². The van der Waals surface area contributed by atoms with E-state index < -0.39 is 251 Å². The summed E-state index contributed by atoms with van der Waals surface area (Å²) in [5.41, 5.74) is 5.38. The third kappa shape index (κ3) is 16.7. The Morgan fingerprint density at radius 1 is 0.689 bits per heavy atom. The highest BCUT2D eigenvalue weighted by Crippen LogP contribution is 2.54. The number of carboxylic acids is 1. The predicted molar refractivity (Wildman–Crippen MR) is 419 cm³/mol. The zero-order valence-corrected chi connectivity index (χ0v) is 66.1. The lowest BCUT2D eigenvalue weighted by molar-refractivity contribution is -0.334. The largest absolute Gasteiger partial charge is 0.508 e. The lowest BCUT2D eigenvalue weighted by atomic mass is 9.85. The number of carbonyl (C=O) groups is 9. The van der Waals surface area contributed by atoms with Gasteiger partial charge in [-0.25, -0.2) is 9.59 Å². The Hall–Kier alpha value is -10.7. The van der Waals surface area contributed by atoms with Gasteiger partial charge in [0.15, 0.2) is 41.5 Å². The number of aliphatic hydroxyl groups excluding tert-OH is 6. The summed E-state index contributed by atoms with van der Waals surface area (Å²) in [6, 6.07) is 21.5. The molecule has 2 aliphatic carbocycles. The maximum Gasteiger partial charge on any atom is 0.407 e. The van der Waals surface area contributed by atoms with E-state index in [-0.39, 0.29) is 69.0 Å². The molecule has 11 bridgehead atoms. The summed E-state index contributed by atoms with van der Waals surface area (Å²) in [5.74, 6) is -21.0. The van der Waals surface area contributed by atoms with E-state index in [2.05, 4.69) is 26.6 Å². The fraction of sp³-hybridized carbons (Fsp3) is 0.400. The van der Waals surface area contributed by atoms with Gasteiger partial charge in [-0.3, -0.25) is 33.6 Å². The molecule has 7 heterocycles. The molecular weight excluding hydrogens is 1590 g/mol. The van der Waals surface area contributed by atoms with Gasteiger partial charge in [0.1, 0.15) is 78.6 Å². The van der Waals surface area contributed by atoms with Crippen molar-refractivity contribution in [3.8, 4) is 56.8 Å². The number of aliphatic carboxylic acids is 1. The molecule has 17 N–H and O–H groups in total. The van der Waals surface area contributed by atoms with Gasteiger partial charge in [-0.2, -0.15) is 0 Å². The third-order valence-corrected chi connectivity index (χ3v) is 23.7. The minimum Gasteiger partial charge on any atom is -0.508 e. The van der Waals surface area contributed by atoms with Crippen LogP contribution in [0.2, 0.25) is 10.0 Å². The summed E-state index contributed by atoms with van der Waals surface area (Å²) in [7, 11) is 0. The Bertz CT molecular complexity index is 5180. The van der Waals surface area contributed by atoms with E-state index in [0.717, 1.165) is 64.7 Å². The quantitative estimate of drug-likeness (QED) is 0.0479. The molecule has 34 heteroatoms. The molecular formula is C85H88Cl2N6O26. The number of Topliss-reactive ketones (excluding diaryl/α,β-unsaturated/α-hetero) is 2. The number of primary amides is 1. The zero-order chi connectivity index (χ0) is 85.3. The number of phenolic OH excluding ortho intramolecular Hbond substituents is 1. The number of rotatable bonds is 16. The summed E-state index contributed by atoms with van der Waals surface area (Å²) in [4.78, 5) is 133. The number of aromatic hydroxyl groups is 1. The van der Waals surface area contributed by atoms with Crippen LogP contribution in [0.3, 0.4) is 0 Å². The van der Waals surface area contributed by atoms with Crippen molar-refractivity contribution in [2.75, 3.05) is 13.2 Å². The number of halogens is 2. The molecule has 0 unspecified atom stereocenters. The number of amides is 6. The van der Waals surface area contributed by atoms with Gasteiger partial charge in [-0.05, 0) is 148 Å². The fourth-order valence-electron chi connectivity index (χ4n) is 17.0. The van der Waals surface area contributed by atoms with Crippen LogP contribution in [0.25, 0.3) is 22.3 Å². The number of benzene rings is 7. The van der Waals surface area contributed by atoms with Gasteiger partial charge in [-0.1, -0.05) is 117 Å². The summed E-state index contributed by atoms with van der Waals surface area (Å²) in [5, 5.41) is 130. The van der Waals surface area contributed by atoms with Crippen LogP contribution in [-0.4, -0.2) is 184 Å². The van der Waals surface area contributed by atoms with Crippen LogP contribution < -0.4 is 46.5 Å². The highest BCUT2D eigenvalue weighted by atomic mass is 35.5. The number of phenols is 1. The summed E-state index contributed by atoms with van der Waals surface area (Å²) in [6.45, 7) is 7.32. The van der Waals surface area contributed by atoms with E-state index in [0.29, 0.717) is 6.42 Å². The zero-order valence-electron chi connectivity index (χ0n) is 64.6. The maximum absolute atomic E-state index is 16.4. The lowest BCUT2D eigenvalue weighted by Crippen LogP contribution is -2.66. The monoisotopic (exact) mass is 1680 g/mol. The molecule has 0 aromatic heterocycles. The molecule has 119 heavy (non-hydrogen) atoms. The van der Waals surface area contributed by atoms with E-state index in [1.54, 1.807) is 6.92 Å². The van der Waals surface area contributed by atoms with E-state index in [9.17, 15) is 70.2 Å². The molecule has 7 aromatic rings. The Balaban J connectivity index is 0.922. The number of ketones is 2. The topological polar surface area (TPSA) is 507 Å². The smallest absolute Gasteiger partial charge is 0.407 e. The number of alkyl carbamates (subject to hydrolysis) is 1. The van der Waals surface area contributed by atoms with E-state index in [4.69, 9.17) is 62.1 Å². The lowest BCUT2D eigenvalue weighted by Gasteiger charge is -2.48. The number of carbonyl (C=O) groups excluding carboxylic acids is 8. The second-order valence-corrected chi connectivity index (χ2v) is 32.5. The number of hydrogen-bond donors (Lipinski definition) is 16. The number of fused-ring (bicyclic) bond motifs is 15. The first kappa shape index (κ1) is 84.8. The summed E-state index contributed by atoms with van der Waals surface area (Å²) >= 11 is 14.4. The van der Waals surface area contributed by atoms with E-state index in [1.807, 2.05) is 62.4 Å². The molecule has 0 spiro atoms. The van der Waals surface area contributed by atoms with Crippen LogP contribution in [0.4, 0.5) is 4.79 Å². The third-order valence-electron chi connectivity index (χ3n) is 23.1. The first-order chi connectivity index (χ1) is 56.5. The van der Waals surface area contributed by atoms with Crippen molar-refractivity contribution in [1.82, 2.24) is 26.6 Å². The molecule has 0 saturated carbocycles. The molecule has 18 atom stereocenters. The number of nitrogens with one attached hydrogen (secondary N) is 5. The first-order valence-electron chi connectivity index (χ1n) is 38.7. The molecule has 6 amide bonds. The Kier molecular flexibility index (Phi) is 24.1. The van der Waals surface area contributed by atoms with Gasteiger partial charge in [-0.15, -0.1) is 0 Å². The van der Waals surface area contributed by atoms with Gasteiger partial charge >= 0.3 is 12.1 Å². The average Bonchev–Trinajstić information content (AvgIpc) is 1.56. The summed E-state index contributed by atoms with van der Waals surface area (Å²) in [6.07, 6.45) is -22.2. The van der Waals surface area contributed by atoms with Crippen molar-refractivity contribution < 1.29 is 127 Å². The van der Waals surface area contributed by atoms with Crippen LogP contribution in [0.15, 0.2) is 127 Å². The standard InChI is InChI=1S/C85H88Cl2N6O26/c1-6-37(21-35(2)3)77(104)91-68-56(96)25-42(28-63(88)98)78(105)89-66-41-26-60(115-58-19-16-39(70(68)99)23-54(58)86)74(119-82-75(73(102)72(101)62(33-94)117-82)118-64-32-84(5,76(103)36(4)114-64)93-83(110)113-34-51-46-13-9-7-11-44(46)45-12-8-10-14-47(45)51)61(27-41)116-59-20-17-40(24-55(59)87)71(100)69-80(107)90-67(81(108)109)50-29-43(95)30-53-65(50)49-22-38(15-18-52(49)85(53,111)112)48(31-57(66)97)79(106)92-69/h7-20,22-24,26-27,29-30,35-37,42,48,51,62,64,66-73,75-76,82,94-95,99-103,111-112H,6,21,25,28,31-34H2,1-5H3,(H2,88,98)(H,89,105)(H,90,107)(H,91,104)(H,92,106)(H,93,110)(H,108,109)/t36-,37+,42-,48+,62+,64-,66+,67-,68-,69-,70+,71+,72+,73-,75+,76+,82-,84-/m0/s1. The molecule has 2 fully saturated rings. The summed E-state index contributed by atoms with van der Waals surface area (Å²) < 4.78 is 45.4. The molecule has 9 aliphatic rings. The fourth-order valence-corrected chi connectivity index (χ4v) is 17.4. The van der Waals surface area contributed by atoms with Crippen molar-refractivity contribution >= 4 is 76.4 Å². The van der Waals surface area contributed by atoms with Gasteiger partial charge < -0.3 is 117 Å². The normalized spacial score (nSPS) is 27.9.